The van der Waals surface area contributed by atoms with Gasteiger partial charge in [-0.2, -0.15) is 0 Å². The molecule has 4 aromatic rings. The standard InChI is InChI=1S/2C16H14O3.Fe/c2*1-2-10-7-8-14-12(15(10)16(17)18)9-11-5-3-4-6-13(11)19-14;/h2*3-8H,2,9H2,1H3,(H,17,18);/q;;+2/p-2. The summed E-state index contributed by atoms with van der Waals surface area (Å²) in [6.45, 7) is 3.87. The number of ether oxygens (including phenoxy) is 2. The van der Waals surface area contributed by atoms with Crippen molar-refractivity contribution in [2.45, 2.75) is 39.5 Å². The van der Waals surface area contributed by atoms with E-state index in [-0.39, 0.29) is 28.2 Å². The van der Waals surface area contributed by atoms with Crippen LogP contribution in [0.3, 0.4) is 0 Å². The van der Waals surface area contributed by atoms with Crippen molar-refractivity contribution in [3.05, 3.63) is 117 Å². The molecule has 6 rings (SSSR count). The first-order valence-corrected chi connectivity index (χ1v) is 12.6. The number of hydrogen-bond donors (Lipinski definition) is 0. The first-order chi connectivity index (χ1) is 18.4. The van der Waals surface area contributed by atoms with Crippen LogP contribution >= 0.6 is 0 Å². The van der Waals surface area contributed by atoms with Gasteiger partial charge in [0.05, 0.1) is 11.9 Å². The van der Waals surface area contributed by atoms with E-state index in [0.717, 1.165) is 44.9 Å². The van der Waals surface area contributed by atoms with Gasteiger partial charge in [0.1, 0.15) is 23.0 Å². The molecule has 0 spiro atoms. The predicted octanol–water partition coefficient (Wildman–Crippen LogP) is 4.62. The number of carbonyl (C=O) groups is 2. The summed E-state index contributed by atoms with van der Waals surface area (Å²) in [5.74, 6) is 0.575. The Morgan fingerprint density at radius 1 is 0.615 bits per heavy atom. The summed E-state index contributed by atoms with van der Waals surface area (Å²) < 4.78 is 11.6. The predicted molar refractivity (Wildman–Crippen MR) is 139 cm³/mol. The third kappa shape index (κ3) is 5.42. The maximum absolute atomic E-state index is 11.4. The van der Waals surface area contributed by atoms with E-state index in [1.165, 1.54) is 0 Å². The molecule has 0 saturated heterocycles. The molecule has 7 heteroatoms. The van der Waals surface area contributed by atoms with Crippen molar-refractivity contribution in [2.24, 2.45) is 0 Å². The van der Waals surface area contributed by atoms with Crippen molar-refractivity contribution in [3.8, 4) is 23.0 Å². The van der Waals surface area contributed by atoms with Crippen LogP contribution in [0.1, 0.15) is 67.9 Å². The van der Waals surface area contributed by atoms with E-state index in [1.54, 1.807) is 12.1 Å². The summed E-state index contributed by atoms with van der Waals surface area (Å²) in [5, 5.41) is 22.8. The first kappa shape index (κ1) is 28.0. The van der Waals surface area contributed by atoms with Gasteiger partial charge >= 0.3 is 17.1 Å². The normalized spacial score (nSPS) is 11.9. The van der Waals surface area contributed by atoms with Gasteiger partial charge in [0.25, 0.3) is 0 Å². The van der Waals surface area contributed by atoms with Crippen molar-refractivity contribution in [2.75, 3.05) is 0 Å². The monoisotopic (exact) mass is 562 g/mol. The Kier molecular flexibility index (Phi) is 8.44. The first-order valence-electron chi connectivity index (χ1n) is 12.6. The van der Waals surface area contributed by atoms with Crippen LogP contribution in [0.5, 0.6) is 23.0 Å². The van der Waals surface area contributed by atoms with Crippen LogP contribution in [0.2, 0.25) is 0 Å². The molecule has 39 heavy (non-hydrogen) atoms. The van der Waals surface area contributed by atoms with Crippen LogP contribution < -0.4 is 19.7 Å². The summed E-state index contributed by atoms with van der Waals surface area (Å²) in [4.78, 5) is 22.8. The zero-order chi connectivity index (χ0) is 26.8. The molecule has 2 aliphatic rings. The fraction of sp³-hybridized carbons (Fsp3) is 0.188. The van der Waals surface area contributed by atoms with Gasteiger partial charge in [-0.05, 0) is 59.4 Å². The molecule has 0 saturated carbocycles. The molecule has 6 nitrogen and oxygen atoms in total. The molecule has 0 unspecified atom stereocenters. The number of rotatable bonds is 4. The molecular weight excluding hydrogens is 536 g/mol. The number of para-hydroxylation sites is 2. The fourth-order valence-corrected chi connectivity index (χ4v) is 5.11. The van der Waals surface area contributed by atoms with Gasteiger partial charge in [-0.25, -0.2) is 0 Å². The Labute approximate surface area is 237 Å². The van der Waals surface area contributed by atoms with Crippen LogP contribution in [0, 0.1) is 0 Å². The summed E-state index contributed by atoms with van der Waals surface area (Å²) in [7, 11) is 0. The molecule has 2 heterocycles. The molecule has 0 aliphatic carbocycles. The summed E-state index contributed by atoms with van der Waals surface area (Å²) in [6.07, 6.45) is 2.47. The van der Waals surface area contributed by atoms with Crippen LogP contribution in [0.25, 0.3) is 0 Å². The van der Waals surface area contributed by atoms with Gasteiger partial charge in [-0.1, -0.05) is 62.4 Å². The Morgan fingerprint density at radius 3 is 1.36 bits per heavy atom. The van der Waals surface area contributed by atoms with Gasteiger partial charge in [0.2, 0.25) is 0 Å². The molecule has 0 radical (unpaired) electrons. The number of carboxylic acids is 2. The zero-order valence-corrected chi connectivity index (χ0v) is 22.7. The van der Waals surface area contributed by atoms with Crippen molar-refractivity contribution in [3.63, 3.8) is 0 Å². The molecule has 2 aliphatic heterocycles. The molecule has 0 amide bonds. The van der Waals surface area contributed by atoms with E-state index in [0.29, 0.717) is 37.2 Å². The second-order valence-corrected chi connectivity index (χ2v) is 9.21. The van der Waals surface area contributed by atoms with E-state index in [1.807, 2.05) is 74.5 Å². The van der Waals surface area contributed by atoms with Gasteiger partial charge in [-0.3, -0.25) is 0 Å². The smallest absolute Gasteiger partial charge is 0.545 e. The van der Waals surface area contributed by atoms with E-state index in [2.05, 4.69) is 0 Å². The molecule has 0 fully saturated rings. The minimum Gasteiger partial charge on any atom is -0.545 e. The zero-order valence-electron chi connectivity index (χ0n) is 21.6. The van der Waals surface area contributed by atoms with Crippen molar-refractivity contribution in [1.82, 2.24) is 0 Å². The molecule has 4 aromatic carbocycles. The Bertz CT molecular complexity index is 1440. The van der Waals surface area contributed by atoms with E-state index >= 15 is 0 Å². The van der Waals surface area contributed by atoms with Crippen LogP contribution in [0.15, 0.2) is 72.8 Å². The van der Waals surface area contributed by atoms with Gasteiger partial charge in [0, 0.05) is 35.1 Å². The molecule has 0 atom stereocenters. The molecule has 0 N–H and O–H groups in total. The van der Waals surface area contributed by atoms with Gasteiger partial charge in [0.15, 0.2) is 0 Å². The molecule has 0 bridgehead atoms. The number of benzene rings is 4. The molecule has 0 aromatic heterocycles. The van der Waals surface area contributed by atoms with E-state index in [4.69, 9.17) is 9.47 Å². The van der Waals surface area contributed by atoms with Gasteiger partial charge < -0.3 is 29.3 Å². The topological polar surface area (TPSA) is 98.7 Å². The quantitative estimate of drug-likeness (QED) is 0.291. The van der Waals surface area contributed by atoms with Crippen LogP contribution in [0.4, 0.5) is 0 Å². The number of fused-ring (bicyclic) bond motifs is 4. The maximum Gasteiger partial charge on any atom is 2.00 e. The minimum absolute atomic E-state index is 0. The second-order valence-electron chi connectivity index (χ2n) is 9.21. The van der Waals surface area contributed by atoms with Crippen LogP contribution in [-0.4, -0.2) is 11.9 Å². The number of aryl methyl sites for hydroxylation is 2. The van der Waals surface area contributed by atoms with Crippen LogP contribution in [-0.2, 0) is 42.8 Å². The minimum atomic E-state index is -1.13. The van der Waals surface area contributed by atoms with Crippen molar-refractivity contribution < 1.29 is 46.3 Å². The number of carboxylic acid groups (broad SMARTS) is 2. The Hall–Kier alpha value is -4.06. The van der Waals surface area contributed by atoms with Gasteiger partial charge in [-0.15, -0.1) is 0 Å². The van der Waals surface area contributed by atoms with Crippen molar-refractivity contribution >= 4 is 11.9 Å². The number of aromatic carboxylic acids is 2. The average molecular weight is 562 g/mol. The van der Waals surface area contributed by atoms with E-state index in [9.17, 15) is 19.8 Å². The summed E-state index contributed by atoms with van der Waals surface area (Å²) in [5.41, 5.74) is 5.61. The third-order valence-electron chi connectivity index (χ3n) is 7.00. The largest absolute Gasteiger partial charge is 2.00 e. The Balaban J connectivity index is 0.000000176. The second kappa shape index (κ2) is 11.8. The average Bonchev–Trinajstić information content (AvgIpc) is 2.93. The van der Waals surface area contributed by atoms with E-state index < -0.39 is 11.9 Å². The summed E-state index contributed by atoms with van der Waals surface area (Å²) >= 11 is 0. The van der Waals surface area contributed by atoms with Crippen molar-refractivity contribution in [1.29, 1.82) is 0 Å². The number of hydrogen-bond acceptors (Lipinski definition) is 6. The third-order valence-corrected chi connectivity index (χ3v) is 7.00. The maximum atomic E-state index is 11.4. The SMILES string of the molecule is CCc1ccc2c(c1C(=O)[O-])Cc1ccccc1O2.CCc1ccc2c(c1C(=O)[O-])Cc1ccccc1O2.[Fe+2]. The fourth-order valence-electron chi connectivity index (χ4n) is 5.11. The molecule has 198 valence electrons. The summed E-state index contributed by atoms with van der Waals surface area (Å²) in [6, 6.07) is 22.7. The molecular formula is C32H26FeO6. The number of carbonyl (C=O) groups excluding carboxylic acids is 2. The Morgan fingerprint density at radius 2 is 1.00 bits per heavy atom.